The Hall–Kier alpha value is -3.34. The van der Waals surface area contributed by atoms with Gasteiger partial charge in [-0.05, 0) is 47.5 Å². The average molecular weight is 306 g/mol. The van der Waals surface area contributed by atoms with Crippen molar-refractivity contribution >= 4 is 11.4 Å². The second-order valence-corrected chi connectivity index (χ2v) is 4.97. The van der Waals surface area contributed by atoms with Crippen LogP contribution in [0.1, 0.15) is 0 Å². The molecule has 0 amide bonds. The van der Waals surface area contributed by atoms with Gasteiger partial charge in [-0.2, -0.15) is 0 Å². The maximum absolute atomic E-state index is 10.7. The van der Waals surface area contributed by atoms with Crippen LogP contribution >= 0.6 is 0 Å². The Morgan fingerprint density at radius 1 is 0.826 bits per heavy atom. The minimum Gasteiger partial charge on any atom is -0.455 e. The third kappa shape index (κ3) is 3.29. The topological polar surface area (TPSA) is 78.4 Å². The quantitative estimate of drug-likeness (QED) is 0.433. The van der Waals surface area contributed by atoms with E-state index < -0.39 is 4.92 Å². The molecule has 5 heteroatoms. The van der Waals surface area contributed by atoms with Crippen molar-refractivity contribution in [1.82, 2.24) is 0 Å². The summed E-state index contributed by atoms with van der Waals surface area (Å²) in [6, 6.07) is 21.2. The van der Waals surface area contributed by atoms with Gasteiger partial charge in [0.05, 0.1) is 10.6 Å². The van der Waals surface area contributed by atoms with Crippen molar-refractivity contribution in [3.05, 3.63) is 82.9 Å². The van der Waals surface area contributed by atoms with E-state index in [1.54, 1.807) is 24.3 Å². The van der Waals surface area contributed by atoms with Crippen LogP contribution in [0.5, 0.6) is 11.5 Å². The van der Waals surface area contributed by atoms with Crippen LogP contribution in [0.15, 0.2) is 72.8 Å². The van der Waals surface area contributed by atoms with E-state index in [0.717, 1.165) is 11.1 Å². The number of hydrogen-bond donors (Lipinski definition) is 1. The standard InChI is InChI=1S/C18H14N2O3/c19-17-3-1-2-4-18(17)23-16-11-7-14(8-12-16)13-5-9-15(10-6-13)20(21)22/h1-12H,19H2. The molecule has 0 bridgehead atoms. The highest BCUT2D eigenvalue weighted by Crippen LogP contribution is 2.29. The second kappa shape index (κ2) is 6.19. The lowest BCUT2D eigenvalue weighted by atomic mass is 10.1. The van der Waals surface area contributed by atoms with Crippen LogP contribution in [0.3, 0.4) is 0 Å². The lowest BCUT2D eigenvalue weighted by Crippen LogP contribution is -1.91. The van der Waals surface area contributed by atoms with Crippen molar-refractivity contribution < 1.29 is 9.66 Å². The number of rotatable bonds is 4. The van der Waals surface area contributed by atoms with Gasteiger partial charge in [-0.1, -0.05) is 24.3 Å². The number of para-hydroxylation sites is 2. The van der Waals surface area contributed by atoms with Gasteiger partial charge in [-0.15, -0.1) is 0 Å². The van der Waals surface area contributed by atoms with Gasteiger partial charge in [-0.3, -0.25) is 10.1 Å². The number of nitrogens with two attached hydrogens (primary N) is 1. The summed E-state index contributed by atoms with van der Waals surface area (Å²) < 4.78 is 5.74. The zero-order valence-corrected chi connectivity index (χ0v) is 12.2. The minimum absolute atomic E-state index is 0.0771. The third-order valence-corrected chi connectivity index (χ3v) is 3.41. The molecule has 0 aromatic heterocycles. The van der Waals surface area contributed by atoms with Crippen LogP contribution in [0.2, 0.25) is 0 Å². The summed E-state index contributed by atoms with van der Waals surface area (Å²) in [5.74, 6) is 1.28. The highest BCUT2D eigenvalue weighted by atomic mass is 16.6. The summed E-state index contributed by atoms with van der Waals surface area (Å²) in [5, 5.41) is 10.7. The summed E-state index contributed by atoms with van der Waals surface area (Å²) in [4.78, 5) is 10.3. The van der Waals surface area contributed by atoms with E-state index >= 15 is 0 Å². The van der Waals surface area contributed by atoms with E-state index in [2.05, 4.69) is 0 Å². The predicted molar refractivity (Wildman–Crippen MR) is 89.5 cm³/mol. The third-order valence-electron chi connectivity index (χ3n) is 3.41. The lowest BCUT2D eigenvalue weighted by Gasteiger charge is -2.09. The van der Waals surface area contributed by atoms with Gasteiger partial charge >= 0.3 is 0 Å². The van der Waals surface area contributed by atoms with E-state index in [1.165, 1.54) is 12.1 Å². The Morgan fingerprint density at radius 3 is 1.96 bits per heavy atom. The summed E-state index contributed by atoms with van der Waals surface area (Å²) >= 11 is 0. The van der Waals surface area contributed by atoms with E-state index in [0.29, 0.717) is 17.2 Å². The molecule has 0 spiro atoms. The number of anilines is 1. The number of ether oxygens (including phenoxy) is 1. The molecule has 5 nitrogen and oxygen atoms in total. The molecule has 0 aliphatic carbocycles. The smallest absolute Gasteiger partial charge is 0.269 e. The summed E-state index contributed by atoms with van der Waals surface area (Å²) in [7, 11) is 0. The first-order chi connectivity index (χ1) is 11.1. The fourth-order valence-electron chi connectivity index (χ4n) is 2.19. The average Bonchev–Trinajstić information content (AvgIpc) is 2.58. The Morgan fingerprint density at radius 2 is 1.39 bits per heavy atom. The molecular formula is C18H14N2O3. The van der Waals surface area contributed by atoms with Crippen LogP contribution < -0.4 is 10.5 Å². The Bertz CT molecular complexity index is 828. The normalized spacial score (nSPS) is 10.3. The molecule has 0 saturated heterocycles. The zero-order chi connectivity index (χ0) is 16.2. The van der Waals surface area contributed by atoms with Gasteiger partial charge in [0.2, 0.25) is 0 Å². The van der Waals surface area contributed by atoms with Crippen LogP contribution in [0.4, 0.5) is 11.4 Å². The number of nitro groups is 1. The van der Waals surface area contributed by atoms with Gasteiger partial charge in [0.25, 0.3) is 5.69 Å². The number of hydrogen-bond acceptors (Lipinski definition) is 4. The molecule has 0 saturated carbocycles. The number of non-ortho nitro benzene ring substituents is 1. The van der Waals surface area contributed by atoms with Gasteiger partial charge < -0.3 is 10.5 Å². The first-order valence-corrected chi connectivity index (χ1v) is 7.01. The van der Waals surface area contributed by atoms with Gasteiger partial charge in [-0.25, -0.2) is 0 Å². The minimum atomic E-state index is -0.412. The number of nitro benzene ring substituents is 1. The van der Waals surface area contributed by atoms with Crippen molar-refractivity contribution in [1.29, 1.82) is 0 Å². The molecule has 0 aliphatic rings. The summed E-state index contributed by atoms with van der Waals surface area (Å²) in [6.07, 6.45) is 0. The fraction of sp³-hybridized carbons (Fsp3) is 0. The van der Waals surface area contributed by atoms with Gasteiger partial charge in [0.15, 0.2) is 0 Å². The molecule has 0 heterocycles. The van der Waals surface area contributed by atoms with Crippen molar-refractivity contribution in [3.63, 3.8) is 0 Å². The van der Waals surface area contributed by atoms with Crippen molar-refractivity contribution in [3.8, 4) is 22.6 Å². The number of benzene rings is 3. The molecule has 3 rings (SSSR count). The van der Waals surface area contributed by atoms with Crippen molar-refractivity contribution in [2.45, 2.75) is 0 Å². The molecular weight excluding hydrogens is 292 g/mol. The molecule has 114 valence electrons. The highest BCUT2D eigenvalue weighted by Gasteiger charge is 2.06. The molecule has 3 aromatic carbocycles. The second-order valence-electron chi connectivity index (χ2n) is 4.97. The molecule has 0 atom stereocenters. The van der Waals surface area contributed by atoms with Crippen LogP contribution in [0.25, 0.3) is 11.1 Å². The number of nitrogens with zero attached hydrogens (tertiary/aromatic N) is 1. The van der Waals surface area contributed by atoms with E-state index in [4.69, 9.17) is 10.5 Å². The van der Waals surface area contributed by atoms with Gasteiger partial charge in [0.1, 0.15) is 11.5 Å². The molecule has 23 heavy (non-hydrogen) atoms. The first kappa shape index (κ1) is 14.6. The van der Waals surface area contributed by atoms with Gasteiger partial charge in [0, 0.05) is 12.1 Å². The lowest BCUT2D eigenvalue weighted by molar-refractivity contribution is -0.384. The monoisotopic (exact) mass is 306 g/mol. The maximum Gasteiger partial charge on any atom is 0.269 e. The fourth-order valence-corrected chi connectivity index (χ4v) is 2.19. The Balaban J connectivity index is 1.79. The summed E-state index contributed by atoms with van der Waals surface area (Å²) in [6.45, 7) is 0. The molecule has 3 aromatic rings. The van der Waals surface area contributed by atoms with Crippen LogP contribution in [0, 0.1) is 10.1 Å². The Kier molecular flexibility index (Phi) is 3.93. The SMILES string of the molecule is Nc1ccccc1Oc1ccc(-c2ccc([N+](=O)[O-])cc2)cc1. The molecule has 0 unspecified atom stereocenters. The van der Waals surface area contributed by atoms with Crippen molar-refractivity contribution in [2.24, 2.45) is 0 Å². The van der Waals surface area contributed by atoms with E-state index in [1.807, 2.05) is 36.4 Å². The largest absolute Gasteiger partial charge is 0.455 e. The van der Waals surface area contributed by atoms with Crippen molar-refractivity contribution in [2.75, 3.05) is 5.73 Å². The molecule has 0 aliphatic heterocycles. The van der Waals surface area contributed by atoms with Crippen LogP contribution in [-0.2, 0) is 0 Å². The van der Waals surface area contributed by atoms with Crippen LogP contribution in [-0.4, -0.2) is 4.92 Å². The molecule has 0 radical (unpaired) electrons. The highest BCUT2D eigenvalue weighted by molar-refractivity contribution is 5.65. The molecule has 0 fully saturated rings. The maximum atomic E-state index is 10.7. The van der Waals surface area contributed by atoms with E-state index in [9.17, 15) is 10.1 Å². The summed E-state index contributed by atoms with van der Waals surface area (Å²) in [5.41, 5.74) is 8.36. The number of nitrogen functional groups attached to an aromatic ring is 1. The van der Waals surface area contributed by atoms with E-state index in [-0.39, 0.29) is 5.69 Å². The molecule has 2 N–H and O–H groups in total. The Labute approximate surface area is 133 Å². The zero-order valence-electron chi connectivity index (χ0n) is 12.2. The first-order valence-electron chi connectivity index (χ1n) is 7.01. The predicted octanol–water partition coefficient (Wildman–Crippen LogP) is 4.64.